The quantitative estimate of drug-likeness (QED) is 0.175. The Morgan fingerprint density at radius 3 is 1.86 bits per heavy atom. The second kappa shape index (κ2) is 13.1. The fourth-order valence-electron chi connectivity index (χ4n) is 8.65. The van der Waals surface area contributed by atoms with E-state index >= 15 is 0 Å². The van der Waals surface area contributed by atoms with Crippen LogP contribution in [0.5, 0.6) is 0 Å². The molecule has 12 aromatic rings. The summed E-state index contributed by atoms with van der Waals surface area (Å²) in [6.45, 7) is 0. The second-order valence-electron chi connectivity index (χ2n) is 14.7. The van der Waals surface area contributed by atoms with E-state index in [-0.39, 0.29) is 0 Å². The summed E-state index contributed by atoms with van der Waals surface area (Å²) in [5.41, 5.74) is 10.6. The normalized spacial score (nSPS) is 11.8. The first kappa shape index (κ1) is 32.7. The third kappa shape index (κ3) is 5.18. The Kier molecular flexibility index (Phi) is 7.37. The molecule has 12 rings (SSSR count). The van der Waals surface area contributed by atoms with Crippen molar-refractivity contribution >= 4 is 75.1 Å². The lowest BCUT2D eigenvalue weighted by molar-refractivity contribution is 0.670. The van der Waals surface area contributed by atoms with Crippen LogP contribution >= 0.6 is 11.3 Å². The van der Waals surface area contributed by atoms with Gasteiger partial charge in [-0.1, -0.05) is 158 Å². The maximum Gasteiger partial charge on any atom is 0.160 e. The lowest BCUT2D eigenvalue weighted by Gasteiger charge is -2.15. The Labute approximate surface area is 337 Å². The molecule has 4 nitrogen and oxygen atoms in total. The van der Waals surface area contributed by atoms with Crippen molar-refractivity contribution in [2.45, 2.75) is 0 Å². The maximum absolute atomic E-state index is 6.48. The molecule has 4 heterocycles. The zero-order valence-electron chi connectivity index (χ0n) is 31.1. The fourth-order valence-corrected chi connectivity index (χ4v) is 9.74. The van der Waals surface area contributed by atoms with Crippen LogP contribution in [0.15, 0.2) is 192 Å². The average molecular weight is 758 g/mol. The van der Waals surface area contributed by atoms with Gasteiger partial charge in [0.05, 0.1) is 17.1 Å². The molecule has 0 amide bonds. The maximum atomic E-state index is 6.48. The van der Waals surface area contributed by atoms with Gasteiger partial charge in [-0.3, -0.25) is 0 Å². The number of thiophene rings is 1. The van der Waals surface area contributed by atoms with Crippen LogP contribution in [-0.2, 0) is 0 Å². The number of aromatic nitrogens is 3. The van der Waals surface area contributed by atoms with E-state index in [1.165, 1.54) is 26.2 Å². The summed E-state index contributed by atoms with van der Waals surface area (Å²) < 4.78 is 7.74. The third-order valence-corrected chi connectivity index (χ3v) is 12.4. The molecule has 0 aliphatic heterocycles. The number of rotatable bonds is 5. The molecule has 0 unspecified atom stereocenters. The molecule has 4 aromatic heterocycles. The van der Waals surface area contributed by atoms with Crippen LogP contribution in [0, 0.1) is 0 Å². The zero-order valence-corrected chi connectivity index (χ0v) is 31.9. The van der Waals surface area contributed by atoms with E-state index in [9.17, 15) is 0 Å². The lowest BCUT2D eigenvalue weighted by atomic mass is 9.91. The van der Waals surface area contributed by atoms with Crippen molar-refractivity contribution in [2.24, 2.45) is 0 Å². The first-order chi connectivity index (χ1) is 28.7. The van der Waals surface area contributed by atoms with Crippen molar-refractivity contribution in [3.63, 3.8) is 0 Å². The molecule has 0 fully saturated rings. The molecule has 5 heteroatoms. The highest BCUT2D eigenvalue weighted by molar-refractivity contribution is 7.25. The Hall–Kier alpha value is -7.47. The standard InChI is InChI=1S/C53H31N3OS/c1-2-14-32(15-3-1)52-54-45(31-46(55-52)43-25-13-24-42-38-20-8-10-26-47(38)57-51(42)43)34-17-12-16-33(30-34)35-28-29-41(37-19-5-4-18-36(35)37)50-40-22-7-6-21-39(40)49-44-23-9-11-27-48(44)58-53(49)56-50/h1-31H. The van der Waals surface area contributed by atoms with Crippen molar-refractivity contribution in [3.05, 3.63) is 188 Å². The summed E-state index contributed by atoms with van der Waals surface area (Å²) in [7, 11) is 0. The van der Waals surface area contributed by atoms with Gasteiger partial charge in [-0.05, 0) is 57.6 Å². The summed E-state index contributed by atoms with van der Waals surface area (Å²) >= 11 is 1.76. The molecule has 270 valence electrons. The Bertz CT molecular complexity index is 3590. The van der Waals surface area contributed by atoms with Gasteiger partial charge in [0.2, 0.25) is 0 Å². The second-order valence-corrected chi connectivity index (χ2v) is 15.7. The minimum Gasteiger partial charge on any atom is -0.455 e. The van der Waals surface area contributed by atoms with E-state index in [2.05, 4.69) is 152 Å². The van der Waals surface area contributed by atoms with E-state index < -0.39 is 0 Å². The molecule has 8 aromatic carbocycles. The number of nitrogens with zero attached hydrogens (tertiary/aromatic N) is 3. The minimum absolute atomic E-state index is 0.664. The lowest BCUT2D eigenvalue weighted by Crippen LogP contribution is -1.96. The largest absolute Gasteiger partial charge is 0.455 e. The number of hydrogen-bond acceptors (Lipinski definition) is 5. The predicted molar refractivity (Wildman–Crippen MR) is 242 cm³/mol. The van der Waals surface area contributed by atoms with Crippen LogP contribution in [0.3, 0.4) is 0 Å². The van der Waals surface area contributed by atoms with Crippen LogP contribution in [0.2, 0.25) is 0 Å². The summed E-state index contributed by atoms with van der Waals surface area (Å²) in [6.07, 6.45) is 0. The van der Waals surface area contributed by atoms with Crippen LogP contribution in [0.25, 0.3) is 120 Å². The van der Waals surface area contributed by atoms with E-state index in [4.69, 9.17) is 19.4 Å². The summed E-state index contributed by atoms with van der Waals surface area (Å²) in [6, 6.07) is 66.0. The van der Waals surface area contributed by atoms with Crippen LogP contribution < -0.4 is 0 Å². The van der Waals surface area contributed by atoms with Crippen LogP contribution in [0.1, 0.15) is 0 Å². The molecule has 58 heavy (non-hydrogen) atoms. The molecular formula is C53H31N3OS. The summed E-state index contributed by atoms with van der Waals surface area (Å²) in [5.74, 6) is 0.664. The van der Waals surface area contributed by atoms with Gasteiger partial charge in [0.25, 0.3) is 0 Å². The fraction of sp³-hybridized carbons (Fsp3) is 0. The van der Waals surface area contributed by atoms with E-state index in [0.29, 0.717) is 5.82 Å². The van der Waals surface area contributed by atoms with Crippen molar-refractivity contribution < 1.29 is 4.42 Å². The molecule has 0 radical (unpaired) electrons. The van der Waals surface area contributed by atoms with E-state index in [1.54, 1.807) is 11.3 Å². The third-order valence-electron chi connectivity index (χ3n) is 11.3. The van der Waals surface area contributed by atoms with Gasteiger partial charge < -0.3 is 4.42 Å². The number of pyridine rings is 1. The SMILES string of the molecule is c1ccc(-c2nc(-c3cccc(-c4ccc(-c5nc6sc7ccccc7c6c6ccccc56)c5ccccc45)c3)cc(-c3cccc4c3oc3ccccc34)n2)cc1. The summed E-state index contributed by atoms with van der Waals surface area (Å²) in [5, 5.41) is 9.38. The van der Waals surface area contributed by atoms with E-state index in [0.717, 1.165) is 88.0 Å². The van der Waals surface area contributed by atoms with Crippen molar-refractivity contribution in [1.82, 2.24) is 15.0 Å². The molecule has 0 spiro atoms. The van der Waals surface area contributed by atoms with Crippen molar-refractivity contribution in [2.75, 3.05) is 0 Å². The number of fused-ring (bicyclic) bond motifs is 9. The van der Waals surface area contributed by atoms with Gasteiger partial charge in [0, 0.05) is 53.9 Å². The van der Waals surface area contributed by atoms with Gasteiger partial charge in [0.15, 0.2) is 5.82 Å². The average Bonchev–Trinajstić information content (AvgIpc) is 3.87. The highest BCUT2D eigenvalue weighted by atomic mass is 32.1. The molecule has 0 saturated carbocycles. The molecule has 0 N–H and O–H groups in total. The Morgan fingerprint density at radius 1 is 0.379 bits per heavy atom. The van der Waals surface area contributed by atoms with Crippen molar-refractivity contribution in [1.29, 1.82) is 0 Å². The number of para-hydroxylation sites is 2. The van der Waals surface area contributed by atoms with E-state index in [1.807, 2.05) is 36.4 Å². The molecule has 0 bridgehead atoms. The molecule has 0 atom stereocenters. The first-order valence-electron chi connectivity index (χ1n) is 19.4. The molecular weight excluding hydrogens is 727 g/mol. The van der Waals surface area contributed by atoms with Gasteiger partial charge >= 0.3 is 0 Å². The predicted octanol–water partition coefficient (Wildman–Crippen LogP) is 14.8. The van der Waals surface area contributed by atoms with Gasteiger partial charge in [-0.25, -0.2) is 15.0 Å². The van der Waals surface area contributed by atoms with Gasteiger partial charge in [-0.2, -0.15) is 0 Å². The zero-order chi connectivity index (χ0) is 38.2. The topological polar surface area (TPSA) is 51.8 Å². The number of furan rings is 1. The van der Waals surface area contributed by atoms with Gasteiger partial charge in [0.1, 0.15) is 16.0 Å². The number of benzene rings is 8. The monoisotopic (exact) mass is 757 g/mol. The van der Waals surface area contributed by atoms with Gasteiger partial charge in [-0.15, -0.1) is 11.3 Å². The van der Waals surface area contributed by atoms with Crippen molar-refractivity contribution in [3.8, 4) is 56.3 Å². The molecule has 0 saturated heterocycles. The summed E-state index contributed by atoms with van der Waals surface area (Å²) in [4.78, 5) is 16.8. The highest BCUT2D eigenvalue weighted by Crippen LogP contribution is 2.44. The Balaban J connectivity index is 1.02. The first-order valence-corrected chi connectivity index (χ1v) is 20.2. The highest BCUT2D eigenvalue weighted by Gasteiger charge is 2.19. The Morgan fingerprint density at radius 2 is 1.00 bits per heavy atom. The smallest absolute Gasteiger partial charge is 0.160 e. The minimum atomic E-state index is 0.664. The molecule has 0 aliphatic carbocycles. The number of hydrogen-bond donors (Lipinski definition) is 0. The molecule has 0 aliphatic rings. The van der Waals surface area contributed by atoms with Crippen LogP contribution in [-0.4, -0.2) is 15.0 Å². The van der Waals surface area contributed by atoms with Crippen LogP contribution in [0.4, 0.5) is 0 Å².